The predicted octanol–water partition coefficient (Wildman–Crippen LogP) is 6.10. The Morgan fingerprint density at radius 3 is 2.21 bits per heavy atom. The monoisotopic (exact) mass is 459 g/mol. The number of aryl methyl sites for hydroxylation is 1. The minimum atomic E-state index is -3.19. The van der Waals surface area contributed by atoms with Crippen LogP contribution in [-0.2, 0) is 9.73 Å². The summed E-state index contributed by atoms with van der Waals surface area (Å²) in [7, 11) is -3.19. The maximum absolute atomic E-state index is 13.2. The standard InChI is InChI=1S/C26H22FN3O2S/c1-17-3-2-4-23(15-17)33(29,32)22-12-7-19(8-13-22)26(31)30-25-16-20(9-14-24(25)28)18-5-10-21(27)11-6-18/h2-16,29H,28H2,1H3,(H,30,31). The summed E-state index contributed by atoms with van der Waals surface area (Å²) in [6.07, 6.45) is 0. The zero-order valence-electron chi connectivity index (χ0n) is 17.8. The summed E-state index contributed by atoms with van der Waals surface area (Å²) in [6.45, 7) is 1.88. The summed E-state index contributed by atoms with van der Waals surface area (Å²) in [5.74, 6) is -0.721. The summed E-state index contributed by atoms with van der Waals surface area (Å²) >= 11 is 0. The van der Waals surface area contributed by atoms with E-state index in [1.807, 2.05) is 13.0 Å². The first kappa shape index (κ1) is 22.2. The SMILES string of the molecule is Cc1cccc(S(=N)(=O)c2ccc(C(=O)Nc3cc(-c4ccc(F)cc4)ccc3N)cc2)c1. The van der Waals surface area contributed by atoms with E-state index in [9.17, 15) is 13.4 Å². The zero-order chi connectivity index (χ0) is 23.6. The molecule has 4 N–H and O–H groups in total. The quantitative estimate of drug-likeness (QED) is 0.315. The first-order valence-corrected chi connectivity index (χ1v) is 11.7. The Bertz CT molecular complexity index is 1430. The molecule has 0 bridgehead atoms. The highest BCUT2D eigenvalue weighted by molar-refractivity contribution is 7.92. The fourth-order valence-corrected chi connectivity index (χ4v) is 4.82. The van der Waals surface area contributed by atoms with Gasteiger partial charge in [0.1, 0.15) is 15.5 Å². The smallest absolute Gasteiger partial charge is 0.255 e. The molecule has 0 radical (unpaired) electrons. The van der Waals surface area contributed by atoms with Crippen LogP contribution in [0.15, 0.2) is 101 Å². The molecule has 4 aromatic carbocycles. The minimum Gasteiger partial charge on any atom is -0.397 e. The Morgan fingerprint density at radius 1 is 0.879 bits per heavy atom. The van der Waals surface area contributed by atoms with Gasteiger partial charge in [-0.15, -0.1) is 0 Å². The molecule has 1 unspecified atom stereocenters. The van der Waals surface area contributed by atoms with E-state index in [0.29, 0.717) is 26.7 Å². The third-order valence-corrected chi connectivity index (χ3v) is 7.10. The second-order valence-corrected chi connectivity index (χ2v) is 9.72. The van der Waals surface area contributed by atoms with Crippen LogP contribution in [-0.4, -0.2) is 10.1 Å². The lowest BCUT2D eigenvalue weighted by Gasteiger charge is -2.12. The van der Waals surface area contributed by atoms with Gasteiger partial charge in [-0.25, -0.2) is 13.4 Å². The normalized spacial score (nSPS) is 12.7. The molecule has 166 valence electrons. The van der Waals surface area contributed by atoms with Crippen molar-refractivity contribution in [3.05, 3.63) is 108 Å². The molecule has 0 aliphatic rings. The number of nitrogens with one attached hydrogen (secondary N) is 2. The molecule has 0 aliphatic heterocycles. The molecule has 5 nitrogen and oxygen atoms in total. The lowest BCUT2D eigenvalue weighted by atomic mass is 10.0. The van der Waals surface area contributed by atoms with Gasteiger partial charge in [-0.2, -0.15) is 0 Å². The fourth-order valence-electron chi connectivity index (χ4n) is 3.41. The molecular formula is C26H22FN3O2S. The van der Waals surface area contributed by atoms with Gasteiger partial charge in [-0.3, -0.25) is 4.79 Å². The van der Waals surface area contributed by atoms with Crippen molar-refractivity contribution in [1.29, 1.82) is 4.78 Å². The van der Waals surface area contributed by atoms with E-state index in [4.69, 9.17) is 10.5 Å². The summed E-state index contributed by atoms with van der Waals surface area (Å²) in [6, 6.07) is 24.4. The van der Waals surface area contributed by atoms with E-state index in [0.717, 1.165) is 16.7 Å². The largest absolute Gasteiger partial charge is 0.397 e. The molecule has 33 heavy (non-hydrogen) atoms. The number of benzene rings is 4. The molecule has 0 aromatic heterocycles. The third kappa shape index (κ3) is 4.78. The molecule has 1 atom stereocenters. The van der Waals surface area contributed by atoms with E-state index in [1.165, 1.54) is 36.4 Å². The lowest BCUT2D eigenvalue weighted by Crippen LogP contribution is -2.13. The van der Waals surface area contributed by atoms with Crippen LogP contribution in [0.25, 0.3) is 11.1 Å². The number of carbonyl (C=O) groups is 1. The maximum Gasteiger partial charge on any atom is 0.255 e. The number of nitrogens with two attached hydrogens (primary N) is 1. The number of hydrogen-bond donors (Lipinski definition) is 3. The number of anilines is 2. The van der Waals surface area contributed by atoms with Crippen LogP contribution in [0.5, 0.6) is 0 Å². The lowest BCUT2D eigenvalue weighted by molar-refractivity contribution is 0.102. The van der Waals surface area contributed by atoms with Gasteiger partial charge in [0.25, 0.3) is 5.91 Å². The van der Waals surface area contributed by atoms with Crippen LogP contribution < -0.4 is 11.1 Å². The number of rotatable bonds is 5. The predicted molar refractivity (Wildman–Crippen MR) is 129 cm³/mol. The highest BCUT2D eigenvalue weighted by Gasteiger charge is 2.15. The van der Waals surface area contributed by atoms with Crippen molar-refractivity contribution in [3.8, 4) is 11.1 Å². The molecule has 4 aromatic rings. The molecule has 0 saturated heterocycles. The van der Waals surface area contributed by atoms with E-state index in [-0.39, 0.29) is 5.82 Å². The van der Waals surface area contributed by atoms with Gasteiger partial charge in [-0.1, -0.05) is 30.3 Å². The fraction of sp³-hybridized carbons (Fsp3) is 0.0385. The Morgan fingerprint density at radius 2 is 1.55 bits per heavy atom. The number of hydrogen-bond acceptors (Lipinski definition) is 4. The number of amides is 1. The van der Waals surface area contributed by atoms with E-state index < -0.39 is 15.6 Å². The van der Waals surface area contributed by atoms with Crippen molar-refractivity contribution >= 4 is 27.0 Å². The van der Waals surface area contributed by atoms with E-state index in [2.05, 4.69) is 5.32 Å². The number of carbonyl (C=O) groups excluding carboxylic acids is 1. The van der Waals surface area contributed by atoms with Gasteiger partial charge in [0.05, 0.1) is 21.2 Å². The van der Waals surface area contributed by atoms with E-state index in [1.54, 1.807) is 48.5 Å². The first-order chi connectivity index (χ1) is 15.7. The number of nitrogen functional groups attached to an aromatic ring is 1. The van der Waals surface area contributed by atoms with Crippen molar-refractivity contribution in [3.63, 3.8) is 0 Å². The highest BCUT2D eigenvalue weighted by Crippen LogP contribution is 2.28. The van der Waals surface area contributed by atoms with Gasteiger partial charge >= 0.3 is 0 Å². The summed E-state index contributed by atoms with van der Waals surface area (Å²) in [5.41, 5.74) is 9.68. The van der Waals surface area contributed by atoms with Crippen molar-refractivity contribution < 1.29 is 13.4 Å². The zero-order valence-corrected chi connectivity index (χ0v) is 18.7. The molecule has 0 aliphatic carbocycles. The average molecular weight is 460 g/mol. The molecular weight excluding hydrogens is 437 g/mol. The van der Waals surface area contributed by atoms with Gasteiger partial charge in [0.2, 0.25) is 0 Å². The Kier molecular flexibility index (Phi) is 5.98. The number of halogens is 1. The van der Waals surface area contributed by atoms with Crippen molar-refractivity contribution in [2.75, 3.05) is 11.1 Å². The maximum atomic E-state index is 13.2. The van der Waals surface area contributed by atoms with E-state index >= 15 is 0 Å². The van der Waals surface area contributed by atoms with Crippen molar-refractivity contribution in [2.24, 2.45) is 0 Å². The second kappa shape index (κ2) is 8.88. The molecule has 7 heteroatoms. The Labute approximate surface area is 192 Å². The van der Waals surface area contributed by atoms with Crippen LogP contribution in [0.4, 0.5) is 15.8 Å². The van der Waals surface area contributed by atoms with Crippen LogP contribution in [0.3, 0.4) is 0 Å². The molecule has 1 amide bonds. The molecule has 0 saturated carbocycles. The van der Waals surface area contributed by atoms with Crippen LogP contribution in [0.1, 0.15) is 15.9 Å². The summed E-state index contributed by atoms with van der Waals surface area (Å²) in [4.78, 5) is 13.5. The first-order valence-electron chi connectivity index (χ1n) is 10.2. The van der Waals surface area contributed by atoms with Gasteiger partial charge in [0.15, 0.2) is 0 Å². The van der Waals surface area contributed by atoms with Gasteiger partial charge in [0, 0.05) is 5.56 Å². The Balaban J connectivity index is 1.56. The minimum absolute atomic E-state index is 0.322. The van der Waals surface area contributed by atoms with Gasteiger partial charge < -0.3 is 11.1 Å². The molecule has 4 rings (SSSR count). The molecule has 0 heterocycles. The van der Waals surface area contributed by atoms with Crippen LogP contribution in [0, 0.1) is 17.5 Å². The van der Waals surface area contributed by atoms with Gasteiger partial charge in [-0.05, 0) is 84.3 Å². The van der Waals surface area contributed by atoms with Crippen molar-refractivity contribution in [1.82, 2.24) is 0 Å². The molecule has 0 fully saturated rings. The Hall–Kier alpha value is -3.97. The topological polar surface area (TPSA) is 96.0 Å². The average Bonchev–Trinajstić information content (AvgIpc) is 2.81. The molecule has 0 spiro atoms. The summed E-state index contributed by atoms with van der Waals surface area (Å²) < 4.78 is 34.7. The summed E-state index contributed by atoms with van der Waals surface area (Å²) in [5, 5.41) is 2.79. The third-order valence-electron chi connectivity index (χ3n) is 5.25. The van der Waals surface area contributed by atoms with Crippen LogP contribution >= 0.6 is 0 Å². The van der Waals surface area contributed by atoms with Crippen LogP contribution in [0.2, 0.25) is 0 Å². The second-order valence-electron chi connectivity index (χ2n) is 7.66. The van der Waals surface area contributed by atoms with Crippen molar-refractivity contribution in [2.45, 2.75) is 16.7 Å². The highest BCUT2D eigenvalue weighted by atomic mass is 32.2.